The van der Waals surface area contributed by atoms with Crippen molar-refractivity contribution in [3.05, 3.63) is 35.5 Å². The predicted octanol–water partition coefficient (Wildman–Crippen LogP) is 3.08. The van der Waals surface area contributed by atoms with Crippen molar-refractivity contribution in [2.75, 3.05) is 0 Å². The zero-order chi connectivity index (χ0) is 12.6. The van der Waals surface area contributed by atoms with Gasteiger partial charge in [0.25, 0.3) is 0 Å². The monoisotopic (exact) mass is 242 g/mol. The van der Waals surface area contributed by atoms with Gasteiger partial charge in [-0.3, -0.25) is 0 Å². The second-order valence-corrected chi connectivity index (χ2v) is 4.28. The Bertz CT molecular complexity index is 526. The Labute approximate surface area is 96.6 Å². The number of benzene rings is 1. The standard InChI is InChI=1S/C12H13F3N2/c1-7(16)4-8-2-3-10-9(5-8)6-11(17-10)12(13,14)15/h2-3,5-7,17H,4,16H2,1H3. The number of rotatable bonds is 2. The molecule has 0 amide bonds. The molecule has 0 aliphatic rings. The fourth-order valence-corrected chi connectivity index (χ4v) is 1.83. The van der Waals surface area contributed by atoms with E-state index in [0.717, 1.165) is 11.6 Å². The van der Waals surface area contributed by atoms with Crippen LogP contribution in [0.15, 0.2) is 24.3 Å². The molecule has 1 aromatic heterocycles. The minimum absolute atomic E-state index is 0.00604. The van der Waals surface area contributed by atoms with E-state index in [1.165, 1.54) is 0 Å². The average Bonchev–Trinajstić information content (AvgIpc) is 2.58. The molecule has 1 heterocycles. The van der Waals surface area contributed by atoms with Gasteiger partial charge in [-0.05, 0) is 37.1 Å². The lowest BCUT2D eigenvalue weighted by Crippen LogP contribution is -2.17. The molecule has 17 heavy (non-hydrogen) atoms. The lowest BCUT2D eigenvalue weighted by Gasteiger charge is -2.04. The van der Waals surface area contributed by atoms with E-state index >= 15 is 0 Å². The number of halogens is 3. The van der Waals surface area contributed by atoms with E-state index in [1.807, 2.05) is 6.92 Å². The molecule has 2 aromatic rings. The summed E-state index contributed by atoms with van der Waals surface area (Å²) in [5.74, 6) is 0. The summed E-state index contributed by atoms with van der Waals surface area (Å²) in [7, 11) is 0. The Morgan fingerprint density at radius 3 is 2.59 bits per heavy atom. The molecule has 0 saturated carbocycles. The Morgan fingerprint density at radius 1 is 1.29 bits per heavy atom. The number of nitrogens with two attached hydrogens (primary N) is 1. The van der Waals surface area contributed by atoms with Crippen LogP contribution in [0.4, 0.5) is 13.2 Å². The first kappa shape index (κ1) is 12.0. The molecular formula is C12H13F3N2. The van der Waals surface area contributed by atoms with Gasteiger partial charge >= 0.3 is 6.18 Å². The topological polar surface area (TPSA) is 41.8 Å². The molecule has 1 atom stereocenters. The fourth-order valence-electron chi connectivity index (χ4n) is 1.83. The van der Waals surface area contributed by atoms with Crippen LogP contribution in [0, 0.1) is 0 Å². The van der Waals surface area contributed by atoms with E-state index in [9.17, 15) is 13.2 Å². The van der Waals surface area contributed by atoms with Gasteiger partial charge in [0.05, 0.1) is 0 Å². The molecule has 0 aliphatic heterocycles. The van der Waals surface area contributed by atoms with Gasteiger partial charge in [-0.1, -0.05) is 6.07 Å². The van der Waals surface area contributed by atoms with Gasteiger partial charge in [-0.25, -0.2) is 0 Å². The summed E-state index contributed by atoms with van der Waals surface area (Å²) in [4.78, 5) is 2.36. The third kappa shape index (κ3) is 2.61. The third-order valence-corrected chi connectivity index (χ3v) is 2.55. The quantitative estimate of drug-likeness (QED) is 0.834. The van der Waals surface area contributed by atoms with Crippen LogP contribution in [-0.4, -0.2) is 11.0 Å². The molecule has 0 aliphatic carbocycles. The van der Waals surface area contributed by atoms with Crippen LogP contribution < -0.4 is 5.73 Å². The smallest absolute Gasteiger partial charge is 0.351 e. The lowest BCUT2D eigenvalue weighted by atomic mass is 10.1. The van der Waals surface area contributed by atoms with Gasteiger partial charge in [0.15, 0.2) is 0 Å². The molecule has 1 aromatic carbocycles. The first-order valence-corrected chi connectivity index (χ1v) is 5.30. The number of alkyl halides is 3. The van der Waals surface area contributed by atoms with E-state index in [1.54, 1.807) is 18.2 Å². The molecule has 1 unspecified atom stereocenters. The molecule has 0 spiro atoms. The number of aromatic nitrogens is 1. The minimum Gasteiger partial charge on any atom is -0.351 e. The Hall–Kier alpha value is -1.49. The van der Waals surface area contributed by atoms with Gasteiger partial charge in [0.2, 0.25) is 0 Å². The van der Waals surface area contributed by atoms with Crippen molar-refractivity contribution in [2.24, 2.45) is 5.73 Å². The number of nitrogens with one attached hydrogen (secondary N) is 1. The summed E-state index contributed by atoms with van der Waals surface area (Å²) in [6.07, 6.45) is -3.68. The van der Waals surface area contributed by atoms with Gasteiger partial charge in [-0.2, -0.15) is 13.2 Å². The van der Waals surface area contributed by atoms with Crippen LogP contribution in [0.1, 0.15) is 18.2 Å². The SMILES string of the molecule is CC(N)Cc1ccc2[nH]c(C(F)(F)F)cc2c1. The van der Waals surface area contributed by atoms with Crippen LogP contribution in [0.5, 0.6) is 0 Å². The predicted molar refractivity (Wildman–Crippen MR) is 60.7 cm³/mol. The van der Waals surface area contributed by atoms with Crippen molar-refractivity contribution in [3.63, 3.8) is 0 Å². The number of hydrogen-bond acceptors (Lipinski definition) is 1. The summed E-state index contributed by atoms with van der Waals surface area (Å²) in [5.41, 5.74) is 6.37. The number of fused-ring (bicyclic) bond motifs is 1. The lowest BCUT2D eigenvalue weighted by molar-refractivity contribution is -0.140. The Kier molecular flexibility index (Phi) is 2.87. The summed E-state index contributed by atoms with van der Waals surface area (Å²) in [5, 5.41) is 0.565. The zero-order valence-electron chi connectivity index (χ0n) is 9.31. The summed E-state index contributed by atoms with van der Waals surface area (Å²) < 4.78 is 37.5. The van der Waals surface area contributed by atoms with E-state index in [-0.39, 0.29) is 6.04 Å². The molecule has 0 fully saturated rings. The van der Waals surface area contributed by atoms with Crippen molar-refractivity contribution in [3.8, 4) is 0 Å². The molecule has 0 saturated heterocycles. The highest BCUT2D eigenvalue weighted by Crippen LogP contribution is 2.31. The first-order valence-electron chi connectivity index (χ1n) is 5.30. The first-order chi connectivity index (χ1) is 7.86. The normalized spacial score (nSPS) is 14.2. The fraction of sp³-hybridized carbons (Fsp3) is 0.333. The highest BCUT2D eigenvalue weighted by atomic mass is 19.4. The van der Waals surface area contributed by atoms with Gasteiger partial charge < -0.3 is 10.7 Å². The molecular weight excluding hydrogens is 229 g/mol. The third-order valence-electron chi connectivity index (χ3n) is 2.55. The van der Waals surface area contributed by atoms with Crippen molar-refractivity contribution in [2.45, 2.75) is 25.6 Å². The number of H-pyrrole nitrogens is 1. The van der Waals surface area contributed by atoms with Crippen LogP contribution in [0.3, 0.4) is 0 Å². The molecule has 0 radical (unpaired) electrons. The van der Waals surface area contributed by atoms with Crippen molar-refractivity contribution >= 4 is 10.9 Å². The molecule has 3 N–H and O–H groups in total. The van der Waals surface area contributed by atoms with E-state index < -0.39 is 11.9 Å². The van der Waals surface area contributed by atoms with Crippen LogP contribution in [0.2, 0.25) is 0 Å². The maximum atomic E-state index is 12.5. The second-order valence-electron chi connectivity index (χ2n) is 4.28. The highest BCUT2D eigenvalue weighted by Gasteiger charge is 2.32. The van der Waals surface area contributed by atoms with Crippen molar-refractivity contribution in [1.29, 1.82) is 0 Å². The molecule has 0 bridgehead atoms. The highest BCUT2D eigenvalue weighted by molar-refractivity contribution is 5.81. The van der Waals surface area contributed by atoms with Gasteiger partial charge in [-0.15, -0.1) is 0 Å². The van der Waals surface area contributed by atoms with E-state index in [0.29, 0.717) is 17.3 Å². The van der Waals surface area contributed by atoms with Crippen LogP contribution >= 0.6 is 0 Å². The van der Waals surface area contributed by atoms with Gasteiger partial charge in [0.1, 0.15) is 5.69 Å². The number of aromatic amines is 1. The van der Waals surface area contributed by atoms with Crippen LogP contribution in [0.25, 0.3) is 10.9 Å². The van der Waals surface area contributed by atoms with Crippen molar-refractivity contribution < 1.29 is 13.2 Å². The maximum absolute atomic E-state index is 12.5. The largest absolute Gasteiger partial charge is 0.431 e. The molecule has 2 rings (SSSR count). The van der Waals surface area contributed by atoms with Crippen LogP contribution in [-0.2, 0) is 12.6 Å². The number of hydrogen-bond donors (Lipinski definition) is 2. The minimum atomic E-state index is -4.33. The molecule has 5 heteroatoms. The molecule has 2 nitrogen and oxygen atoms in total. The second kappa shape index (κ2) is 4.07. The molecule has 92 valence electrons. The van der Waals surface area contributed by atoms with E-state index in [4.69, 9.17) is 5.73 Å². The van der Waals surface area contributed by atoms with Gasteiger partial charge in [0, 0.05) is 16.9 Å². The zero-order valence-corrected chi connectivity index (χ0v) is 9.31. The Morgan fingerprint density at radius 2 is 2.00 bits per heavy atom. The maximum Gasteiger partial charge on any atom is 0.431 e. The summed E-state index contributed by atoms with van der Waals surface area (Å²) in [6, 6.07) is 6.31. The Balaban J connectivity index is 2.41. The van der Waals surface area contributed by atoms with Crippen molar-refractivity contribution in [1.82, 2.24) is 4.98 Å². The summed E-state index contributed by atoms with van der Waals surface area (Å²) >= 11 is 0. The summed E-state index contributed by atoms with van der Waals surface area (Å²) in [6.45, 7) is 1.86. The van der Waals surface area contributed by atoms with E-state index in [2.05, 4.69) is 4.98 Å². The average molecular weight is 242 g/mol.